The van der Waals surface area contributed by atoms with Crippen LogP contribution in [-0.2, 0) is 10.0 Å². The summed E-state index contributed by atoms with van der Waals surface area (Å²) in [5.41, 5.74) is 5.70. The van der Waals surface area contributed by atoms with E-state index in [4.69, 9.17) is 5.73 Å². The average molecular weight is 297 g/mol. The molecule has 2 saturated carbocycles. The molecular weight excluding hydrogens is 272 g/mol. The van der Waals surface area contributed by atoms with Crippen LogP contribution in [0.5, 0.6) is 0 Å². The molecule has 0 bridgehead atoms. The molecule has 108 valence electrons. The fraction of sp³-hybridized carbons (Fsp3) is 1.00. The fourth-order valence-corrected chi connectivity index (χ4v) is 4.23. The van der Waals surface area contributed by atoms with Gasteiger partial charge in [0.25, 0.3) is 0 Å². The third-order valence-electron chi connectivity index (χ3n) is 4.05. The summed E-state index contributed by atoms with van der Waals surface area (Å²) in [7, 11) is -3.12. The molecule has 0 aromatic rings. The highest BCUT2D eigenvalue weighted by Crippen LogP contribution is 2.32. The molecule has 2 rings (SSSR count). The van der Waals surface area contributed by atoms with Crippen LogP contribution in [0.3, 0.4) is 0 Å². The number of rotatable bonds is 7. The van der Waals surface area contributed by atoms with Crippen molar-refractivity contribution in [1.82, 2.24) is 4.72 Å². The second-order valence-electron chi connectivity index (χ2n) is 5.56. The van der Waals surface area contributed by atoms with E-state index in [1.807, 2.05) is 0 Å². The maximum atomic E-state index is 11.9. The van der Waals surface area contributed by atoms with Gasteiger partial charge in [-0.25, -0.2) is 13.1 Å². The minimum Gasteiger partial charge on any atom is -0.329 e. The van der Waals surface area contributed by atoms with Gasteiger partial charge in [-0.05, 0) is 31.1 Å². The quantitative estimate of drug-likeness (QED) is 0.750. The number of hydrogen-bond acceptors (Lipinski definition) is 3. The highest BCUT2D eigenvalue weighted by molar-refractivity contribution is 7.89. The zero-order valence-electron chi connectivity index (χ0n) is 10.8. The molecule has 2 fully saturated rings. The van der Waals surface area contributed by atoms with Crippen LogP contribution in [0.1, 0.15) is 44.9 Å². The molecule has 0 heterocycles. The normalized spacial score (nSPS) is 22.7. The topological polar surface area (TPSA) is 72.2 Å². The largest absolute Gasteiger partial charge is 0.329 e. The molecule has 2 aliphatic carbocycles. The van der Waals surface area contributed by atoms with Crippen LogP contribution < -0.4 is 10.5 Å². The second kappa shape index (κ2) is 7.08. The van der Waals surface area contributed by atoms with Crippen LogP contribution in [0.25, 0.3) is 0 Å². The van der Waals surface area contributed by atoms with Crippen molar-refractivity contribution >= 4 is 22.4 Å². The lowest BCUT2D eigenvalue weighted by Gasteiger charge is -2.22. The van der Waals surface area contributed by atoms with Gasteiger partial charge in [0.05, 0.1) is 5.75 Å². The first-order valence-corrected chi connectivity index (χ1v) is 8.46. The summed E-state index contributed by atoms with van der Waals surface area (Å²) in [5.74, 6) is 1.39. The van der Waals surface area contributed by atoms with E-state index in [9.17, 15) is 8.42 Å². The van der Waals surface area contributed by atoms with E-state index in [1.165, 1.54) is 25.7 Å². The fourth-order valence-electron chi connectivity index (χ4n) is 2.71. The number of hydrogen-bond donors (Lipinski definition) is 2. The summed E-state index contributed by atoms with van der Waals surface area (Å²) in [6.45, 7) is 0.424. The lowest BCUT2D eigenvalue weighted by atomic mass is 9.99. The predicted octanol–water partition coefficient (Wildman–Crippen LogP) is 1.65. The van der Waals surface area contributed by atoms with Gasteiger partial charge in [-0.15, -0.1) is 12.4 Å². The number of halogens is 1. The minimum atomic E-state index is -3.12. The van der Waals surface area contributed by atoms with Gasteiger partial charge in [0, 0.05) is 12.6 Å². The molecule has 4 nitrogen and oxygen atoms in total. The third kappa shape index (κ3) is 5.03. The molecule has 1 unspecified atom stereocenters. The van der Waals surface area contributed by atoms with Crippen LogP contribution in [-0.4, -0.2) is 26.8 Å². The molecule has 2 aliphatic rings. The SMILES string of the molecule is Cl.NCC(NS(=O)(=O)CCC1CC1)C1CCCC1. The van der Waals surface area contributed by atoms with Crippen LogP contribution in [0.4, 0.5) is 0 Å². The number of sulfonamides is 1. The average Bonchev–Trinajstić information content (AvgIpc) is 2.97. The van der Waals surface area contributed by atoms with Gasteiger partial charge < -0.3 is 5.73 Å². The van der Waals surface area contributed by atoms with Crippen LogP contribution in [0.15, 0.2) is 0 Å². The van der Waals surface area contributed by atoms with Crippen molar-refractivity contribution in [3.05, 3.63) is 0 Å². The Morgan fingerprint density at radius 2 is 1.78 bits per heavy atom. The molecule has 0 saturated heterocycles. The maximum Gasteiger partial charge on any atom is 0.211 e. The Labute approximate surface area is 117 Å². The van der Waals surface area contributed by atoms with Gasteiger partial charge >= 0.3 is 0 Å². The minimum absolute atomic E-state index is 0. The number of nitrogens with one attached hydrogen (secondary N) is 1. The zero-order valence-corrected chi connectivity index (χ0v) is 12.4. The van der Waals surface area contributed by atoms with Crippen molar-refractivity contribution in [1.29, 1.82) is 0 Å². The Kier molecular flexibility index (Phi) is 6.38. The Morgan fingerprint density at radius 3 is 2.28 bits per heavy atom. The van der Waals surface area contributed by atoms with Crippen molar-refractivity contribution < 1.29 is 8.42 Å². The molecule has 18 heavy (non-hydrogen) atoms. The summed E-state index contributed by atoms with van der Waals surface area (Å²) in [6.07, 6.45) is 7.89. The third-order valence-corrected chi connectivity index (χ3v) is 5.48. The van der Waals surface area contributed by atoms with Gasteiger partial charge in [-0.2, -0.15) is 0 Å². The van der Waals surface area contributed by atoms with E-state index in [0.29, 0.717) is 18.4 Å². The number of nitrogens with two attached hydrogens (primary N) is 1. The van der Waals surface area contributed by atoms with E-state index >= 15 is 0 Å². The molecule has 3 N–H and O–H groups in total. The highest BCUT2D eigenvalue weighted by atomic mass is 35.5. The van der Waals surface area contributed by atoms with Gasteiger partial charge in [-0.1, -0.05) is 25.7 Å². The van der Waals surface area contributed by atoms with Crippen molar-refractivity contribution in [2.24, 2.45) is 17.6 Å². The molecular formula is C12H25ClN2O2S. The van der Waals surface area contributed by atoms with Crippen molar-refractivity contribution in [2.75, 3.05) is 12.3 Å². The molecule has 0 amide bonds. The first kappa shape index (κ1) is 16.2. The molecule has 0 aromatic carbocycles. The monoisotopic (exact) mass is 296 g/mol. The second-order valence-corrected chi connectivity index (χ2v) is 7.43. The summed E-state index contributed by atoms with van der Waals surface area (Å²) in [5, 5.41) is 0. The van der Waals surface area contributed by atoms with Gasteiger partial charge in [0.2, 0.25) is 10.0 Å². The highest BCUT2D eigenvalue weighted by Gasteiger charge is 2.29. The van der Waals surface area contributed by atoms with E-state index < -0.39 is 10.0 Å². The van der Waals surface area contributed by atoms with E-state index in [1.54, 1.807) is 0 Å². The van der Waals surface area contributed by atoms with Crippen LogP contribution in [0.2, 0.25) is 0 Å². The smallest absolute Gasteiger partial charge is 0.211 e. The Balaban J connectivity index is 0.00000162. The van der Waals surface area contributed by atoms with Gasteiger partial charge in [-0.3, -0.25) is 0 Å². The zero-order chi connectivity index (χ0) is 12.3. The van der Waals surface area contributed by atoms with Crippen molar-refractivity contribution in [3.8, 4) is 0 Å². The van der Waals surface area contributed by atoms with Crippen molar-refractivity contribution in [2.45, 2.75) is 51.0 Å². The first-order valence-electron chi connectivity index (χ1n) is 6.81. The molecule has 0 aromatic heterocycles. The summed E-state index contributed by atoms with van der Waals surface area (Å²) in [4.78, 5) is 0. The maximum absolute atomic E-state index is 11.9. The molecule has 6 heteroatoms. The van der Waals surface area contributed by atoms with Gasteiger partial charge in [0.1, 0.15) is 0 Å². The Morgan fingerprint density at radius 1 is 1.17 bits per heavy atom. The van der Waals surface area contributed by atoms with Gasteiger partial charge in [0.15, 0.2) is 0 Å². The Hall–Kier alpha value is 0.160. The molecule has 0 aliphatic heterocycles. The summed E-state index contributed by atoms with van der Waals surface area (Å²) >= 11 is 0. The lowest BCUT2D eigenvalue weighted by molar-refractivity contribution is 0.405. The Bertz CT molecular complexity index is 338. The lowest BCUT2D eigenvalue weighted by Crippen LogP contribution is -2.45. The van der Waals surface area contributed by atoms with Crippen molar-refractivity contribution in [3.63, 3.8) is 0 Å². The van der Waals surface area contributed by atoms with E-state index in [0.717, 1.165) is 19.3 Å². The molecule has 0 radical (unpaired) electrons. The first-order chi connectivity index (χ1) is 8.11. The summed E-state index contributed by atoms with van der Waals surface area (Å²) in [6, 6.07) is -0.0401. The summed E-state index contributed by atoms with van der Waals surface area (Å²) < 4.78 is 26.7. The standard InChI is InChI=1S/C12H24N2O2S.ClH/c13-9-12(11-3-1-2-4-11)14-17(15,16)8-7-10-5-6-10;/h10-12,14H,1-9,13H2;1H. The van der Waals surface area contributed by atoms with E-state index in [-0.39, 0.29) is 24.2 Å². The predicted molar refractivity (Wildman–Crippen MR) is 76.3 cm³/mol. The van der Waals surface area contributed by atoms with Crippen LogP contribution >= 0.6 is 12.4 Å². The van der Waals surface area contributed by atoms with E-state index in [2.05, 4.69) is 4.72 Å². The molecule has 1 atom stereocenters. The molecule has 0 spiro atoms. The van der Waals surface area contributed by atoms with Crippen LogP contribution in [0, 0.1) is 11.8 Å².